The molecule has 0 aromatic heterocycles. The topological polar surface area (TPSA) is 93.7 Å². The number of nitrogens with one attached hydrogen (secondary N) is 2. The van der Waals surface area contributed by atoms with E-state index in [4.69, 9.17) is 9.47 Å². The Morgan fingerprint density at radius 2 is 1.82 bits per heavy atom. The van der Waals surface area contributed by atoms with E-state index in [1.807, 2.05) is 0 Å². The highest BCUT2D eigenvalue weighted by Crippen LogP contribution is 2.27. The summed E-state index contributed by atoms with van der Waals surface area (Å²) in [6, 6.07) is 4.81. The van der Waals surface area contributed by atoms with E-state index in [1.165, 1.54) is 14.2 Å². The summed E-state index contributed by atoms with van der Waals surface area (Å²) in [5.41, 5.74) is 0.411. The van der Waals surface area contributed by atoms with Crippen molar-refractivity contribution in [3.8, 4) is 11.5 Å². The molecule has 0 atom stereocenters. The summed E-state index contributed by atoms with van der Waals surface area (Å²) in [4.78, 5) is 12.0. The van der Waals surface area contributed by atoms with E-state index < -0.39 is 10.0 Å². The van der Waals surface area contributed by atoms with Crippen molar-refractivity contribution in [2.75, 3.05) is 33.1 Å². The first-order valence-corrected chi connectivity index (χ1v) is 8.56. The minimum atomic E-state index is -3.25. The summed E-state index contributed by atoms with van der Waals surface area (Å²) < 4.78 is 35.5. The van der Waals surface area contributed by atoms with E-state index in [0.29, 0.717) is 23.5 Å². The Bertz CT molecular complexity index is 601. The van der Waals surface area contributed by atoms with Crippen molar-refractivity contribution in [2.24, 2.45) is 0 Å². The lowest BCUT2D eigenvalue weighted by molar-refractivity contribution is 0.0954. The third-order valence-electron chi connectivity index (χ3n) is 2.85. The molecule has 2 N–H and O–H groups in total. The summed E-state index contributed by atoms with van der Waals surface area (Å²) in [6.07, 6.45) is 0.549. The van der Waals surface area contributed by atoms with Crippen LogP contribution in [0.3, 0.4) is 0 Å². The van der Waals surface area contributed by atoms with Crippen LogP contribution in [0.15, 0.2) is 18.2 Å². The monoisotopic (exact) mass is 330 g/mol. The quantitative estimate of drug-likeness (QED) is 0.652. The molecule has 0 aliphatic heterocycles. The first kappa shape index (κ1) is 18.2. The Morgan fingerprint density at radius 3 is 2.41 bits per heavy atom. The molecule has 124 valence electrons. The van der Waals surface area contributed by atoms with Gasteiger partial charge in [-0.3, -0.25) is 4.79 Å². The molecule has 0 aliphatic carbocycles. The molecule has 0 unspecified atom stereocenters. The number of rotatable bonds is 9. The molecular formula is C14H22N2O5S. The van der Waals surface area contributed by atoms with Crippen molar-refractivity contribution >= 4 is 15.9 Å². The maximum absolute atomic E-state index is 12.0. The molecule has 1 aromatic rings. The van der Waals surface area contributed by atoms with Crippen molar-refractivity contribution < 1.29 is 22.7 Å². The highest BCUT2D eigenvalue weighted by molar-refractivity contribution is 7.89. The zero-order valence-electron chi connectivity index (χ0n) is 13.0. The fraction of sp³-hybridized carbons (Fsp3) is 0.500. The summed E-state index contributed by atoms with van der Waals surface area (Å²) in [7, 11) is -0.250. The predicted molar refractivity (Wildman–Crippen MR) is 84.0 cm³/mol. The minimum Gasteiger partial charge on any atom is -0.493 e. The fourth-order valence-corrected chi connectivity index (χ4v) is 2.90. The van der Waals surface area contributed by atoms with Crippen LogP contribution < -0.4 is 19.5 Å². The van der Waals surface area contributed by atoms with Gasteiger partial charge in [0, 0.05) is 18.7 Å². The Kier molecular flexibility index (Phi) is 7.13. The van der Waals surface area contributed by atoms with Gasteiger partial charge in [-0.05, 0) is 24.6 Å². The summed E-state index contributed by atoms with van der Waals surface area (Å²) in [6.45, 7) is 2.15. The van der Waals surface area contributed by atoms with Gasteiger partial charge >= 0.3 is 0 Å². The van der Waals surface area contributed by atoms with E-state index in [-0.39, 0.29) is 24.7 Å². The van der Waals surface area contributed by atoms with Gasteiger partial charge < -0.3 is 14.8 Å². The van der Waals surface area contributed by atoms with Crippen LogP contribution >= 0.6 is 0 Å². The lowest BCUT2D eigenvalue weighted by Gasteiger charge is -2.10. The average molecular weight is 330 g/mol. The molecule has 1 amide bonds. The minimum absolute atomic E-state index is 0.0800. The number of methoxy groups -OCH3 is 2. The summed E-state index contributed by atoms with van der Waals surface area (Å²) >= 11 is 0. The number of carbonyl (C=O) groups is 1. The lowest BCUT2D eigenvalue weighted by atomic mass is 10.2. The van der Waals surface area contributed by atoms with Crippen LogP contribution in [0.4, 0.5) is 0 Å². The molecule has 1 aromatic carbocycles. The molecular weight excluding hydrogens is 308 g/mol. The van der Waals surface area contributed by atoms with Gasteiger partial charge in [-0.1, -0.05) is 6.92 Å². The second-order valence-corrected chi connectivity index (χ2v) is 6.47. The molecule has 1 rings (SSSR count). The van der Waals surface area contributed by atoms with Crippen molar-refractivity contribution in [2.45, 2.75) is 13.3 Å². The van der Waals surface area contributed by atoms with E-state index in [2.05, 4.69) is 10.0 Å². The second-order valence-electron chi connectivity index (χ2n) is 4.54. The van der Waals surface area contributed by atoms with E-state index >= 15 is 0 Å². The van der Waals surface area contributed by atoms with Gasteiger partial charge in [0.05, 0.1) is 20.0 Å². The van der Waals surface area contributed by atoms with Crippen LogP contribution in [0.2, 0.25) is 0 Å². The van der Waals surface area contributed by atoms with Crippen LogP contribution in [0.5, 0.6) is 11.5 Å². The number of benzene rings is 1. The van der Waals surface area contributed by atoms with Crippen LogP contribution in [0.1, 0.15) is 23.7 Å². The third kappa shape index (κ3) is 5.53. The maximum atomic E-state index is 12.0. The number of ether oxygens (including phenoxy) is 2. The van der Waals surface area contributed by atoms with E-state index in [1.54, 1.807) is 25.1 Å². The number of hydrogen-bond acceptors (Lipinski definition) is 5. The highest BCUT2D eigenvalue weighted by atomic mass is 32.2. The molecule has 8 heteroatoms. The fourth-order valence-electron chi connectivity index (χ4n) is 1.80. The van der Waals surface area contributed by atoms with Gasteiger partial charge in [0.2, 0.25) is 10.0 Å². The normalized spacial score (nSPS) is 11.0. The largest absolute Gasteiger partial charge is 0.493 e. The molecule has 22 heavy (non-hydrogen) atoms. The second kappa shape index (κ2) is 8.60. The van der Waals surface area contributed by atoms with Crippen molar-refractivity contribution in [1.29, 1.82) is 0 Å². The first-order chi connectivity index (χ1) is 10.4. The zero-order valence-corrected chi connectivity index (χ0v) is 13.8. The molecule has 7 nitrogen and oxygen atoms in total. The van der Waals surface area contributed by atoms with Gasteiger partial charge in [0.25, 0.3) is 5.91 Å². The Hall–Kier alpha value is -1.80. The van der Waals surface area contributed by atoms with Crippen molar-refractivity contribution in [3.63, 3.8) is 0 Å². The van der Waals surface area contributed by atoms with Gasteiger partial charge in [-0.25, -0.2) is 13.1 Å². The van der Waals surface area contributed by atoms with Gasteiger partial charge in [-0.2, -0.15) is 0 Å². The smallest absolute Gasteiger partial charge is 0.251 e. The molecule has 0 saturated heterocycles. The lowest BCUT2D eigenvalue weighted by Crippen LogP contribution is -2.35. The summed E-state index contributed by atoms with van der Waals surface area (Å²) in [5, 5.41) is 2.64. The number of amides is 1. The predicted octanol–water partition coefficient (Wildman–Crippen LogP) is 0.763. The van der Waals surface area contributed by atoms with Crippen LogP contribution in [0, 0.1) is 0 Å². The molecule has 0 heterocycles. The average Bonchev–Trinajstić information content (AvgIpc) is 2.50. The van der Waals surface area contributed by atoms with Gasteiger partial charge in [0.15, 0.2) is 11.5 Å². The molecule has 0 aliphatic rings. The number of carbonyl (C=O) groups excluding carboxylic acids is 1. The van der Waals surface area contributed by atoms with E-state index in [0.717, 1.165) is 0 Å². The Morgan fingerprint density at radius 1 is 1.14 bits per heavy atom. The Labute approximate surface area is 131 Å². The van der Waals surface area contributed by atoms with Gasteiger partial charge in [-0.15, -0.1) is 0 Å². The molecule has 0 fully saturated rings. The summed E-state index contributed by atoms with van der Waals surface area (Å²) in [5.74, 6) is 0.761. The zero-order chi connectivity index (χ0) is 16.6. The van der Waals surface area contributed by atoms with Crippen LogP contribution in [-0.4, -0.2) is 47.4 Å². The number of hydrogen-bond donors (Lipinski definition) is 2. The van der Waals surface area contributed by atoms with Crippen molar-refractivity contribution in [1.82, 2.24) is 10.0 Å². The number of sulfonamides is 1. The van der Waals surface area contributed by atoms with Crippen LogP contribution in [0.25, 0.3) is 0 Å². The highest BCUT2D eigenvalue weighted by Gasteiger charge is 2.11. The maximum Gasteiger partial charge on any atom is 0.251 e. The molecule has 0 bridgehead atoms. The standard InChI is InChI=1S/C14H22N2O5S/c1-4-9-22(18,19)16-8-7-15-14(17)11-5-6-12(20-2)13(10-11)21-3/h5-6,10,16H,4,7-9H2,1-3H3,(H,15,17). The van der Waals surface area contributed by atoms with Crippen LogP contribution in [-0.2, 0) is 10.0 Å². The van der Waals surface area contributed by atoms with E-state index in [9.17, 15) is 13.2 Å². The van der Waals surface area contributed by atoms with Crippen molar-refractivity contribution in [3.05, 3.63) is 23.8 Å². The third-order valence-corrected chi connectivity index (χ3v) is 4.44. The SMILES string of the molecule is CCCS(=O)(=O)NCCNC(=O)c1ccc(OC)c(OC)c1. The molecule has 0 spiro atoms. The first-order valence-electron chi connectivity index (χ1n) is 6.91. The van der Waals surface area contributed by atoms with Gasteiger partial charge in [0.1, 0.15) is 0 Å². The Balaban J connectivity index is 2.53. The molecule has 0 radical (unpaired) electrons. The molecule has 0 saturated carbocycles.